The summed E-state index contributed by atoms with van der Waals surface area (Å²) in [6, 6.07) is 10.8. The highest BCUT2D eigenvalue weighted by atomic mass is 32.2. The third kappa shape index (κ3) is 5.13. The first-order chi connectivity index (χ1) is 14.7. The second-order valence-electron chi connectivity index (χ2n) is 8.50. The van der Waals surface area contributed by atoms with Gasteiger partial charge in [0.25, 0.3) is 0 Å². The number of benzene rings is 2. The van der Waals surface area contributed by atoms with E-state index in [9.17, 15) is 22.0 Å². The molecule has 0 radical (unpaired) electrons. The number of hydrogen-bond donors (Lipinski definition) is 1. The zero-order valence-electron chi connectivity index (χ0n) is 17.4. The highest BCUT2D eigenvalue weighted by Gasteiger charge is 2.46. The van der Waals surface area contributed by atoms with Crippen LogP contribution in [0.15, 0.2) is 42.5 Å². The quantitative estimate of drug-likeness (QED) is 0.759. The van der Waals surface area contributed by atoms with Gasteiger partial charge in [-0.15, -0.1) is 0 Å². The van der Waals surface area contributed by atoms with Crippen LogP contribution in [0.2, 0.25) is 0 Å². The molecule has 1 aliphatic heterocycles. The molecule has 1 heterocycles. The Balaban J connectivity index is 1.46. The number of amides is 1. The summed E-state index contributed by atoms with van der Waals surface area (Å²) in [6.07, 6.45) is 3.88. The molecule has 2 aliphatic rings. The van der Waals surface area contributed by atoms with Crippen molar-refractivity contribution in [1.82, 2.24) is 9.62 Å². The molecule has 1 saturated heterocycles. The molecule has 2 aromatic rings. The Morgan fingerprint density at radius 3 is 2.58 bits per heavy atom. The molecule has 0 spiro atoms. The van der Waals surface area contributed by atoms with Gasteiger partial charge in [0, 0.05) is 36.7 Å². The molecule has 1 saturated carbocycles. The molecule has 1 aliphatic carbocycles. The van der Waals surface area contributed by atoms with E-state index in [0.29, 0.717) is 43.5 Å². The predicted octanol–water partition coefficient (Wildman–Crippen LogP) is 3.67. The molecule has 3 atom stereocenters. The molecule has 2 fully saturated rings. The molecule has 1 N–H and O–H groups in total. The molecule has 0 unspecified atom stereocenters. The monoisotopic (exact) mass is 448 g/mol. The number of halogens is 2. The van der Waals surface area contributed by atoms with E-state index in [0.717, 1.165) is 24.3 Å². The first kappa shape index (κ1) is 21.9. The number of hydrogen-bond acceptors (Lipinski definition) is 3. The molecular formula is C23H26F2N2O3S. The summed E-state index contributed by atoms with van der Waals surface area (Å²) in [5.74, 6) is -1.33. The third-order valence-electron chi connectivity index (χ3n) is 6.11. The number of sulfonamides is 1. The van der Waals surface area contributed by atoms with E-state index in [1.54, 1.807) is 6.07 Å². The zero-order chi connectivity index (χ0) is 22.2. The van der Waals surface area contributed by atoms with Crippen LogP contribution in [0.5, 0.6) is 0 Å². The standard InChI is InChI=1S/C23H26F2N2O3S/c1-31(29,30)26-16-5-4-11-27(12-10-16)23(28)21-14-20(21)18-7-3-2-6-17(18)19-9-8-15(24)13-22(19)25/h2-3,6-9,13,16,20-21,26H,4-5,10-12,14H2,1H3/t16-,20+,21-/m1/s1. The van der Waals surface area contributed by atoms with Crippen LogP contribution >= 0.6 is 0 Å². The van der Waals surface area contributed by atoms with Gasteiger partial charge in [-0.1, -0.05) is 24.3 Å². The van der Waals surface area contributed by atoms with Crippen molar-refractivity contribution in [3.63, 3.8) is 0 Å². The maximum absolute atomic E-state index is 14.4. The number of carbonyl (C=O) groups excluding carboxylic acids is 1. The summed E-state index contributed by atoms with van der Waals surface area (Å²) >= 11 is 0. The normalized spacial score (nSPS) is 24.0. The van der Waals surface area contributed by atoms with E-state index in [1.807, 2.05) is 23.1 Å². The lowest BCUT2D eigenvalue weighted by molar-refractivity contribution is -0.132. The van der Waals surface area contributed by atoms with Crippen LogP contribution in [-0.2, 0) is 14.8 Å². The summed E-state index contributed by atoms with van der Waals surface area (Å²) in [5, 5.41) is 0. The number of rotatable bonds is 5. The highest BCUT2D eigenvalue weighted by molar-refractivity contribution is 7.88. The van der Waals surface area contributed by atoms with Crippen LogP contribution in [0.25, 0.3) is 11.1 Å². The van der Waals surface area contributed by atoms with Crippen molar-refractivity contribution in [3.05, 3.63) is 59.7 Å². The number of nitrogens with one attached hydrogen (secondary N) is 1. The van der Waals surface area contributed by atoms with Gasteiger partial charge in [0.2, 0.25) is 15.9 Å². The lowest BCUT2D eigenvalue weighted by atomic mass is 9.95. The third-order valence-corrected chi connectivity index (χ3v) is 6.87. The maximum atomic E-state index is 14.4. The van der Waals surface area contributed by atoms with E-state index in [2.05, 4.69) is 4.72 Å². The first-order valence-electron chi connectivity index (χ1n) is 10.5. The molecule has 1 amide bonds. The van der Waals surface area contributed by atoms with Gasteiger partial charge in [-0.25, -0.2) is 21.9 Å². The number of likely N-dealkylation sites (tertiary alicyclic amines) is 1. The molecule has 5 nitrogen and oxygen atoms in total. The van der Waals surface area contributed by atoms with E-state index >= 15 is 0 Å². The SMILES string of the molecule is CS(=O)(=O)N[C@@H]1CCCN(C(=O)[C@@H]2C[C@H]2c2ccccc2-c2ccc(F)cc2F)CC1. The topological polar surface area (TPSA) is 66.5 Å². The fraction of sp³-hybridized carbons (Fsp3) is 0.435. The molecule has 0 aromatic heterocycles. The minimum Gasteiger partial charge on any atom is -0.342 e. The molecule has 31 heavy (non-hydrogen) atoms. The first-order valence-corrected chi connectivity index (χ1v) is 12.4. The molecule has 8 heteroatoms. The van der Waals surface area contributed by atoms with Crippen molar-refractivity contribution in [2.75, 3.05) is 19.3 Å². The Morgan fingerprint density at radius 2 is 1.84 bits per heavy atom. The van der Waals surface area contributed by atoms with E-state index in [1.165, 1.54) is 12.1 Å². The van der Waals surface area contributed by atoms with Crippen LogP contribution in [-0.4, -0.2) is 44.6 Å². The van der Waals surface area contributed by atoms with Crippen molar-refractivity contribution >= 4 is 15.9 Å². The molecule has 0 bridgehead atoms. The summed E-state index contributed by atoms with van der Waals surface area (Å²) in [4.78, 5) is 14.9. The Bertz CT molecular complexity index is 1090. The summed E-state index contributed by atoms with van der Waals surface area (Å²) < 4.78 is 53.4. The second kappa shape index (κ2) is 8.67. The van der Waals surface area contributed by atoms with Crippen molar-refractivity contribution in [2.45, 2.75) is 37.6 Å². The van der Waals surface area contributed by atoms with Crippen LogP contribution in [0.4, 0.5) is 8.78 Å². The maximum Gasteiger partial charge on any atom is 0.226 e. The Labute approximate surface area is 181 Å². The Morgan fingerprint density at radius 1 is 1.06 bits per heavy atom. The zero-order valence-corrected chi connectivity index (χ0v) is 18.2. The van der Waals surface area contributed by atoms with Gasteiger partial charge in [0.05, 0.1) is 6.26 Å². The van der Waals surface area contributed by atoms with Gasteiger partial charge >= 0.3 is 0 Å². The van der Waals surface area contributed by atoms with Crippen molar-refractivity contribution < 1.29 is 22.0 Å². The summed E-state index contributed by atoms with van der Waals surface area (Å²) in [5.41, 5.74) is 1.92. The minimum atomic E-state index is -3.27. The Kier molecular flexibility index (Phi) is 6.12. The average molecular weight is 449 g/mol. The van der Waals surface area contributed by atoms with Gasteiger partial charge in [-0.3, -0.25) is 4.79 Å². The van der Waals surface area contributed by atoms with Crippen molar-refractivity contribution in [3.8, 4) is 11.1 Å². The van der Waals surface area contributed by atoms with Crippen LogP contribution in [0.3, 0.4) is 0 Å². The van der Waals surface area contributed by atoms with Gasteiger partial charge in [0.15, 0.2) is 0 Å². The molecule has 2 aromatic carbocycles. The molecule has 4 rings (SSSR count). The number of nitrogens with zero attached hydrogens (tertiary/aromatic N) is 1. The minimum absolute atomic E-state index is 0.00125. The smallest absolute Gasteiger partial charge is 0.226 e. The predicted molar refractivity (Wildman–Crippen MR) is 115 cm³/mol. The number of carbonyl (C=O) groups is 1. The average Bonchev–Trinajstić information content (AvgIpc) is 3.51. The lowest BCUT2D eigenvalue weighted by Crippen LogP contribution is -2.36. The van der Waals surface area contributed by atoms with Crippen molar-refractivity contribution in [1.29, 1.82) is 0 Å². The molecule has 166 valence electrons. The van der Waals surface area contributed by atoms with Gasteiger partial charge < -0.3 is 4.90 Å². The van der Waals surface area contributed by atoms with E-state index in [-0.39, 0.29) is 23.8 Å². The van der Waals surface area contributed by atoms with E-state index in [4.69, 9.17) is 0 Å². The largest absolute Gasteiger partial charge is 0.342 e. The Hall–Kier alpha value is -2.32. The second-order valence-corrected chi connectivity index (χ2v) is 10.3. The van der Waals surface area contributed by atoms with Crippen LogP contribution in [0, 0.1) is 17.6 Å². The fourth-order valence-corrected chi connectivity index (χ4v) is 5.40. The fourth-order valence-electron chi connectivity index (χ4n) is 4.56. The lowest BCUT2D eigenvalue weighted by Gasteiger charge is -2.21. The summed E-state index contributed by atoms with van der Waals surface area (Å²) in [7, 11) is -3.27. The van der Waals surface area contributed by atoms with E-state index < -0.39 is 21.7 Å². The van der Waals surface area contributed by atoms with Gasteiger partial charge in [0.1, 0.15) is 11.6 Å². The summed E-state index contributed by atoms with van der Waals surface area (Å²) in [6.45, 7) is 1.13. The molecular weight excluding hydrogens is 422 g/mol. The van der Waals surface area contributed by atoms with Crippen LogP contribution in [0.1, 0.15) is 37.2 Å². The van der Waals surface area contributed by atoms with Crippen LogP contribution < -0.4 is 4.72 Å². The van der Waals surface area contributed by atoms with Gasteiger partial charge in [-0.2, -0.15) is 0 Å². The highest BCUT2D eigenvalue weighted by Crippen LogP contribution is 2.51. The van der Waals surface area contributed by atoms with Crippen molar-refractivity contribution in [2.24, 2.45) is 5.92 Å². The van der Waals surface area contributed by atoms with Gasteiger partial charge in [-0.05, 0) is 54.9 Å².